The van der Waals surface area contributed by atoms with Crippen LogP contribution in [-0.4, -0.2) is 54.3 Å². The van der Waals surface area contributed by atoms with E-state index >= 15 is 0 Å². The van der Waals surface area contributed by atoms with Gasteiger partial charge in [-0.05, 0) is 12.5 Å². The molecule has 1 saturated heterocycles. The van der Waals surface area contributed by atoms with Gasteiger partial charge in [0.05, 0.1) is 13.2 Å². The smallest absolute Gasteiger partial charge is 0.131 e. The van der Waals surface area contributed by atoms with Crippen molar-refractivity contribution in [3.05, 3.63) is 47.8 Å². The van der Waals surface area contributed by atoms with E-state index in [2.05, 4.69) is 56.7 Å². The van der Waals surface area contributed by atoms with Gasteiger partial charge in [0.2, 0.25) is 0 Å². The predicted molar refractivity (Wildman–Crippen MR) is 96.3 cm³/mol. The average molecular weight is 327 g/mol. The first-order chi connectivity index (χ1) is 11.8. The summed E-state index contributed by atoms with van der Waals surface area (Å²) in [5, 5.41) is 6.71. The Kier molecular flexibility index (Phi) is 5.98. The Morgan fingerprint density at radius 2 is 1.75 bits per heavy atom. The van der Waals surface area contributed by atoms with Crippen molar-refractivity contribution in [1.82, 2.24) is 14.9 Å². The van der Waals surface area contributed by atoms with Crippen LogP contribution in [0.5, 0.6) is 0 Å². The first-order valence-corrected chi connectivity index (χ1v) is 8.45. The number of aryl methyl sites for hydroxylation is 1. The number of nitrogens with one attached hydrogen (secondary N) is 2. The molecule has 1 fully saturated rings. The lowest BCUT2D eigenvalue weighted by Gasteiger charge is -2.26. The van der Waals surface area contributed by atoms with Crippen LogP contribution >= 0.6 is 0 Å². The molecule has 24 heavy (non-hydrogen) atoms. The molecule has 0 aliphatic carbocycles. The summed E-state index contributed by atoms with van der Waals surface area (Å²) in [6.07, 6.45) is 1.59. The third-order valence-corrected chi connectivity index (χ3v) is 4.10. The molecule has 0 amide bonds. The molecular formula is C18H25N5O. The lowest BCUT2D eigenvalue weighted by Crippen LogP contribution is -2.39. The Morgan fingerprint density at radius 3 is 2.50 bits per heavy atom. The number of hydrogen-bond acceptors (Lipinski definition) is 6. The molecule has 0 atom stereocenters. The first kappa shape index (κ1) is 16.7. The second kappa shape index (κ2) is 8.61. The number of nitrogens with zero attached hydrogens (tertiary/aromatic N) is 3. The average Bonchev–Trinajstić information content (AvgIpc) is 2.63. The SMILES string of the molecule is Cc1ccc(CNc2cc(NCCN3CCOCC3)ncn2)cc1. The zero-order valence-electron chi connectivity index (χ0n) is 14.2. The standard InChI is InChI=1S/C18H25N5O/c1-15-2-4-16(5-3-15)13-20-18-12-17(21-14-22-18)19-6-7-23-8-10-24-11-9-23/h2-5,12,14H,6-11,13H2,1H3,(H2,19,20,21,22). The largest absolute Gasteiger partial charge is 0.379 e. The van der Waals surface area contributed by atoms with Crippen LogP contribution in [0.2, 0.25) is 0 Å². The monoisotopic (exact) mass is 327 g/mol. The molecule has 128 valence electrons. The van der Waals surface area contributed by atoms with Gasteiger partial charge in [0.15, 0.2) is 0 Å². The van der Waals surface area contributed by atoms with Crippen molar-refractivity contribution in [1.29, 1.82) is 0 Å². The van der Waals surface area contributed by atoms with Crippen molar-refractivity contribution in [3.63, 3.8) is 0 Å². The molecule has 1 aromatic carbocycles. The van der Waals surface area contributed by atoms with Gasteiger partial charge in [0.25, 0.3) is 0 Å². The van der Waals surface area contributed by atoms with Gasteiger partial charge in [-0.1, -0.05) is 29.8 Å². The molecule has 2 N–H and O–H groups in total. The van der Waals surface area contributed by atoms with Crippen LogP contribution in [-0.2, 0) is 11.3 Å². The van der Waals surface area contributed by atoms with Crippen LogP contribution in [0.15, 0.2) is 36.7 Å². The molecular weight excluding hydrogens is 302 g/mol. The van der Waals surface area contributed by atoms with Gasteiger partial charge in [-0.2, -0.15) is 0 Å². The molecule has 0 spiro atoms. The van der Waals surface area contributed by atoms with Crippen LogP contribution < -0.4 is 10.6 Å². The molecule has 0 unspecified atom stereocenters. The highest BCUT2D eigenvalue weighted by Crippen LogP contribution is 2.11. The maximum atomic E-state index is 5.36. The van der Waals surface area contributed by atoms with Gasteiger partial charge in [-0.15, -0.1) is 0 Å². The molecule has 2 heterocycles. The molecule has 1 aromatic heterocycles. The molecule has 2 aromatic rings. The van der Waals surface area contributed by atoms with Crippen molar-refractivity contribution >= 4 is 11.6 Å². The van der Waals surface area contributed by atoms with E-state index in [0.717, 1.165) is 57.6 Å². The maximum Gasteiger partial charge on any atom is 0.131 e. The number of aromatic nitrogens is 2. The molecule has 1 aliphatic heterocycles. The van der Waals surface area contributed by atoms with Crippen LogP contribution in [0, 0.1) is 6.92 Å². The highest BCUT2D eigenvalue weighted by Gasteiger charge is 2.09. The van der Waals surface area contributed by atoms with Crippen molar-refractivity contribution in [3.8, 4) is 0 Å². The second-order valence-electron chi connectivity index (χ2n) is 6.01. The van der Waals surface area contributed by atoms with Crippen LogP contribution in [0.25, 0.3) is 0 Å². The Balaban J connectivity index is 1.45. The van der Waals surface area contributed by atoms with E-state index in [9.17, 15) is 0 Å². The number of ether oxygens (including phenoxy) is 1. The lowest BCUT2D eigenvalue weighted by molar-refractivity contribution is 0.0398. The van der Waals surface area contributed by atoms with E-state index in [0.29, 0.717) is 0 Å². The summed E-state index contributed by atoms with van der Waals surface area (Å²) in [6.45, 7) is 8.40. The van der Waals surface area contributed by atoms with Crippen molar-refractivity contribution < 1.29 is 4.74 Å². The van der Waals surface area contributed by atoms with Crippen molar-refractivity contribution in [2.75, 3.05) is 50.0 Å². The Bertz CT molecular complexity index is 626. The fourth-order valence-electron chi connectivity index (χ4n) is 2.62. The van der Waals surface area contributed by atoms with Gasteiger partial charge in [0, 0.05) is 38.8 Å². The predicted octanol–water partition coefficient (Wildman–Crippen LogP) is 2.14. The van der Waals surface area contributed by atoms with E-state index < -0.39 is 0 Å². The zero-order valence-corrected chi connectivity index (χ0v) is 14.2. The second-order valence-corrected chi connectivity index (χ2v) is 6.01. The zero-order chi connectivity index (χ0) is 16.6. The normalized spacial score (nSPS) is 15.2. The molecule has 6 nitrogen and oxygen atoms in total. The first-order valence-electron chi connectivity index (χ1n) is 8.45. The van der Waals surface area contributed by atoms with Crippen molar-refractivity contribution in [2.45, 2.75) is 13.5 Å². The van der Waals surface area contributed by atoms with Gasteiger partial charge in [0.1, 0.15) is 18.0 Å². The fourth-order valence-corrected chi connectivity index (χ4v) is 2.62. The summed E-state index contributed by atoms with van der Waals surface area (Å²) >= 11 is 0. The number of rotatable bonds is 7. The Morgan fingerprint density at radius 1 is 1.04 bits per heavy atom. The van der Waals surface area contributed by atoms with Gasteiger partial charge in [-0.25, -0.2) is 9.97 Å². The highest BCUT2D eigenvalue weighted by molar-refractivity contribution is 5.46. The van der Waals surface area contributed by atoms with Gasteiger partial charge >= 0.3 is 0 Å². The van der Waals surface area contributed by atoms with Gasteiger partial charge < -0.3 is 15.4 Å². The van der Waals surface area contributed by atoms with Gasteiger partial charge in [-0.3, -0.25) is 4.90 Å². The summed E-state index contributed by atoms with van der Waals surface area (Å²) in [7, 11) is 0. The third-order valence-electron chi connectivity index (χ3n) is 4.10. The maximum absolute atomic E-state index is 5.36. The summed E-state index contributed by atoms with van der Waals surface area (Å²) in [4.78, 5) is 11.0. The quantitative estimate of drug-likeness (QED) is 0.812. The number of morpholine rings is 1. The van der Waals surface area contributed by atoms with E-state index in [1.807, 2.05) is 6.07 Å². The molecule has 6 heteroatoms. The van der Waals surface area contributed by atoms with Crippen LogP contribution in [0.3, 0.4) is 0 Å². The minimum absolute atomic E-state index is 0.754. The highest BCUT2D eigenvalue weighted by atomic mass is 16.5. The van der Waals surface area contributed by atoms with Crippen LogP contribution in [0.4, 0.5) is 11.6 Å². The third kappa shape index (κ3) is 5.18. The summed E-state index contributed by atoms with van der Waals surface area (Å²) in [6, 6.07) is 10.5. The fraction of sp³-hybridized carbons (Fsp3) is 0.444. The van der Waals surface area contributed by atoms with E-state index in [1.165, 1.54) is 11.1 Å². The molecule has 3 rings (SSSR count). The molecule has 0 radical (unpaired) electrons. The Hall–Kier alpha value is -2.18. The summed E-state index contributed by atoms with van der Waals surface area (Å²) < 4.78 is 5.36. The summed E-state index contributed by atoms with van der Waals surface area (Å²) in [5.74, 6) is 1.68. The topological polar surface area (TPSA) is 62.3 Å². The van der Waals surface area contributed by atoms with E-state index in [1.54, 1.807) is 6.33 Å². The lowest BCUT2D eigenvalue weighted by atomic mass is 10.1. The minimum Gasteiger partial charge on any atom is -0.379 e. The number of anilines is 2. The molecule has 1 aliphatic rings. The van der Waals surface area contributed by atoms with E-state index in [-0.39, 0.29) is 0 Å². The van der Waals surface area contributed by atoms with Crippen molar-refractivity contribution in [2.24, 2.45) is 0 Å². The molecule has 0 bridgehead atoms. The summed E-state index contributed by atoms with van der Waals surface area (Å²) in [5.41, 5.74) is 2.51. The molecule has 0 saturated carbocycles. The minimum atomic E-state index is 0.754. The Labute approximate surface area is 143 Å². The number of benzene rings is 1. The van der Waals surface area contributed by atoms with Crippen LogP contribution in [0.1, 0.15) is 11.1 Å². The number of hydrogen-bond donors (Lipinski definition) is 2. The van der Waals surface area contributed by atoms with E-state index in [4.69, 9.17) is 4.74 Å².